The SMILES string of the molecule is Nc1onc(-c2csc(Br)c2)c1-c1c(Cl)cccc1Cl. The van der Waals surface area contributed by atoms with Crippen LogP contribution in [0.2, 0.25) is 10.0 Å². The molecule has 3 nitrogen and oxygen atoms in total. The van der Waals surface area contributed by atoms with Gasteiger partial charge in [0.15, 0.2) is 0 Å². The molecule has 2 aromatic heterocycles. The van der Waals surface area contributed by atoms with Crippen LogP contribution in [0.25, 0.3) is 22.4 Å². The minimum atomic E-state index is 0.192. The Kier molecular flexibility index (Phi) is 3.77. The van der Waals surface area contributed by atoms with Gasteiger partial charge in [-0.3, -0.25) is 0 Å². The van der Waals surface area contributed by atoms with E-state index in [1.165, 1.54) is 0 Å². The number of benzene rings is 1. The number of halogens is 3. The van der Waals surface area contributed by atoms with E-state index in [0.717, 1.165) is 9.35 Å². The van der Waals surface area contributed by atoms with Gasteiger partial charge in [-0.25, -0.2) is 0 Å². The van der Waals surface area contributed by atoms with Crippen molar-refractivity contribution < 1.29 is 4.52 Å². The number of aromatic nitrogens is 1. The van der Waals surface area contributed by atoms with Crippen molar-refractivity contribution in [3.63, 3.8) is 0 Å². The topological polar surface area (TPSA) is 52.0 Å². The van der Waals surface area contributed by atoms with Crippen molar-refractivity contribution in [1.82, 2.24) is 5.16 Å². The summed E-state index contributed by atoms with van der Waals surface area (Å²) in [5.41, 5.74) is 8.67. The van der Waals surface area contributed by atoms with Gasteiger partial charge in [-0.05, 0) is 34.1 Å². The second-order valence-corrected chi connectivity index (χ2v) is 7.11. The molecule has 0 aliphatic carbocycles. The number of nitrogens with two attached hydrogens (primary N) is 1. The van der Waals surface area contributed by atoms with Crippen LogP contribution >= 0.6 is 50.5 Å². The lowest BCUT2D eigenvalue weighted by molar-refractivity contribution is 0.439. The number of nitrogen functional groups attached to an aromatic ring is 1. The van der Waals surface area contributed by atoms with Crippen molar-refractivity contribution in [2.24, 2.45) is 0 Å². The Balaban J connectivity index is 2.27. The third-order valence-electron chi connectivity index (χ3n) is 2.77. The van der Waals surface area contributed by atoms with E-state index >= 15 is 0 Å². The first-order valence-corrected chi connectivity index (χ1v) is 7.94. The van der Waals surface area contributed by atoms with E-state index < -0.39 is 0 Å². The van der Waals surface area contributed by atoms with Gasteiger partial charge < -0.3 is 10.3 Å². The summed E-state index contributed by atoms with van der Waals surface area (Å²) in [4.78, 5) is 0. The predicted octanol–water partition coefficient (Wildman–Crippen LogP) is 5.72. The van der Waals surface area contributed by atoms with Gasteiger partial charge in [0.1, 0.15) is 5.69 Å². The lowest BCUT2D eigenvalue weighted by atomic mass is 10.0. The molecule has 7 heteroatoms. The minimum Gasteiger partial charge on any atom is -0.367 e. The first kappa shape index (κ1) is 13.9. The largest absolute Gasteiger partial charge is 0.367 e. The van der Waals surface area contributed by atoms with Crippen LogP contribution in [0.4, 0.5) is 5.88 Å². The molecule has 2 N–H and O–H groups in total. The molecule has 0 amide bonds. The van der Waals surface area contributed by atoms with Crippen LogP contribution in [-0.4, -0.2) is 5.16 Å². The van der Waals surface area contributed by atoms with Gasteiger partial charge in [-0.2, -0.15) is 0 Å². The highest BCUT2D eigenvalue weighted by molar-refractivity contribution is 9.11. The molecule has 0 radical (unpaired) electrons. The molecule has 0 saturated heterocycles. The smallest absolute Gasteiger partial charge is 0.230 e. The van der Waals surface area contributed by atoms with Crippen LogP contribution in [0, 0.1) is 0 Å². The number of rotatable bonds is 2. The van der Waals surface area contributed by atoms with Gasteiger partial charge in [0.05, 0.1) is 19.4 Å². The average molecular weight is 390 g/mol. The number of hydrogen-bond acceptors (Lipinski definition) is 4. The highest BCUT2D eigenvalue weighted by Gasteiger charge is 2.22. The number of hydrogen-bond donors (Lipinski definition) is 1. The zero-order chi connectivity index (χ0) is 14.3. The maximum Gasteiger partial charge on any atom is 0.230 e. The van der Waals surface area contributed by atoms with Gasteiger partial charge in [0.2, 0.25) is 5.88 Å². The molecule has 3 rings (SSSR count). The van der Waals surface area contributed by atoms with Gasteiger partial charge in [0.25, 0.3) is 0 Å². The summed E-state index contributed by atoms with van der Waals surface area (Å²) >= 11 is 17.5. The zero-order valence-electron chi connectivity index (χ0n) is 9.86. The van der Waals surface area contributed by atoms with Gasteiger partial charge >= 0.3 is 0 Å². The molecule has 0 aliphatic heterocycles. The molecule has 2 heterocycles. The molecule has 0 unspecified atom stereocenters. The van der Waals surface area contributed by atoms with Gasteiger partial charge in [0, 0.05) is 16.5 Å². The molecule has 102 valence electrons. The summed E-state index contributed by atoms with van der Waals surface area (Å²) in [7, 11) is 0. The van der Waals surface area contributed by atoms with Gasteiger partial charge in [-0.15, -0.1) is 11.3 Å². The molecule has 1 aromatic carbocycles. The number of thiophene rings is 1. The molecule has 0 bridgehead atoms. The Morgan fingerprint density at radius 3 is 2.50 bits per heavy atom. The van der Waals surface area contributed by atoms with E-state index in [1.807, 2.05) is 11.4 Å². The first-order chi connectivity index (χ1) is 9.58. The van der Waals surface area contributed by atoms with Crippen molar-refractivity contribution in [1.29, 1.82) is 0 Å². The van der Waals surface area contributed by atoms with Crippen LogP contribution in [0.3, 0.4) is 0 Å². The first-order valence-electron chi connectivity index (χ1n) is 5.52. The molecule has 3 aromatic rings. The summed E-state index contributed by atoms with van der Waals surface area (Å²) in [6, 6.07) is 7.22. The summed E-state index contributed by atoms with van der Waals surface area (Å²) in [5, 5.41) is 6.99. The highest BCUT2D eigenvalue weighted by Crippen LogP contribution is 2.44. The predicted molar refractivity (Wildman–Crippen MR) is 87.4 cm³/mol. The average Bonchev–Trinajstić information content (AvgIpc) is 2.97. The summed E-state index contributed by atoms with van der Waals surface area (Å²) in [5.74, 6) is 0.192. The number of anilines is 1. The Labute approximate surface area is 137 Å². The van der Waals surface area contributed by atoms with Crippen molar-refractivity contribution in [3.05, 3.63) is 43.5 Å². The lowest BCUT2D eigenvalue weighted by Crippen LogP contribution is -1.89. The van der Waals surface area contributed by atoms with Crippen LogP contribution in [0.1, 0.15) is 0 Å². The van der Waals surface area contributed by atoms with E-state index in [9.17, 15) is 0 Å². The normalized spacial score (nSPS) is 10.9. The standard InChI is InChI=1S/C13H7BrCl2N2OS/c14-9-4-6(5-20-9)12-11(13(17)19-18-12)10-7(15)2-1-3-8(10)16/h1-5H,17H2. The lowest BCUT2D eigenvalue weighted by Gasteiger charge is -2.06. The van der Waals surface area contributed by atoms with Crippen molar-refractivity contribution in [2.45, 2.75) is 0 Å². The third kappa shape index (κ3) is 2.35. The zero-order valence-corrected chi connectivity index (χ0v) is 13.8. The summed E-state index contributed by atoms with van der Waals surface area (Å²) < 4.78 is 6.11. The number of nitrogens with zero attached hydrogens (tertiary/aromatic N) is 1. The maximum absolute atomic E-state index is 6.24. The molecule has 0 aliphatic rings. The van der Waals surface area contributed by atoms with E-state index in [2.05, 4.69) is 21.1 Å². The Morgan fingerprint density at radius 2 is 1.90 bits per heavy atom. The van der Waals surface area contributed by atoms with Crippen molar-refractivity contribution in [3.8, 4) is 22.4 Å². The minimum absolute atomic E-state index is 0.192. The molecule has 20 heavy (non-hydrogen) atoms. The Morgan fingerprint density at radius 1 is 1.20 bits per heavy atom. The van der Waals surface area contributed by atoms with Crippen molar-refractivity contribution >= 4 is 56.4 Å². The van der Waals surface area contributed by atoms with E-state index in [4.69, 9.17) is 33.5 Å². The van der Waals surface area contributed by atoms with Crippen LogP contribution in [0.15, 0.2) is 38.0 Å². The maximum atomic E-state index is 6.24. The van der Waals surface area contributed by atoms with Crippen LogP contribution in [0.5, 0.6) is 0 Å². The van der Waals surface area contributed by atoms with Crippen molar-refractivity contribution in [2.75, 3.05) is 5.73 Å². The van der Waals surface area contributed by atoms with Crippen LogP contribution in [-0.2, 0) is 0 Å². The fourth-order valence-electron chi connectivity index (χ4n) is 1.91. The second kappa shape index (κ2) is 5.41. The fourth-order valence-corrected chi connectivity index (χ4v) is 3.64. The highest BCUT2D eigenvalue weighted by atomic mass is 79.9. The molecule has 0 fully saturated rings. The third-order valence-corrected chi connectivity index (χ3v) is 4.91. The summed E-state index contributed by atoms with van der Waals surface area (Å²) in [6.07, 6.45) is 0. The molecule has 0 atom stereocenters. The van der Waals surface area contributed by atoms with E-state index in [0.29, 0.717) is 26.9 Å². The Bertz CT molecular complexity index is 764. The quantitative estimate of drug-likeness (QED) is 0.609. The monoisotopic (exact) mass is 388 g/mol. The molecular weight excluding hydrogens is 383 g/mol. The van der Waals surface area contributed by atoms with E-state index in [-0.39, 0.29) is 5.88 Å². The molecular formula is C13H7BrCl2N2OS. The molecule has 0 spiro atoms. The summed E-state index contributed by atoms with van der Waals surface area (Å²) in [6.45, 7) is 0. The van der Waals surface area contributed by atoms with Crippen LogP contribution < -0.4 is 5.73 Å². The van der Waals surface area contributed by atoms with Gasteiger partial charge in [-0.1, -0.05) is 34.4 Å². The fraction of sp³-hybridized carbons (Fsp3) is 0. The van der Waals surface area contributed by atoms with E-state index in [1.54, 1.807) is 29.5 Å². The second-order valence-electron chi connectivity index (χ2n) is 4.01. The molecule has 0 saturated carbocycles. The Hall–Kier alpha value is -1.01.